The summed E-state index contributed by atoms with van der Waals surface area (Å²) in [5.41, 5.74) is 3.52. The molecule has 1 atom stereocenters. The third-order valence-electron chi connectivity index (χ3n) is 6.12. The molecule has 1 aromatic heterocycles. The van der Waals surface area contributed by atoms with Crippen molar-refractivity contribution >= 4 is 6.08 Å². The minimum Gasteiger partial charge on any atom is -0.486 e. The lowest BCUT2D eigenvalue weighted by Crippen LogP contribution is -2.08. The molecule has 0 bridgehead atoms. The molecule has 37 heavy (non-hydrogen) atoms. The second-order valence-electron chi connectivity index (χ2n) is 9.11. The fourth-order valence-corrected chi connectivity index (χ4v) is 3.97. The van der Waals surface area contributed by atoms with E-state index in [0.29, 0.717) is 11.7 Å². The van der Waals surface area contributed by atoms with Crippen LogP contribution in [-0.4, -0.2) is 24.3 Å². The lowest BCUT2D eigenvalue weighted by molar-refractivity contribution is 0.0566. The third-order valence-corrected chi connectivity index (χ3v) is 6.12. The largest absolute Gasteiger partial charge is 0.486 e. The zero-order valence-corrected chi connectivity index (χ0v) is 21.9. The van der Waals surface area contributed by atoms with Gasteiger partial charge in [-0.05, 0) is 61.9 Å². The van der Waals surface area contributed by atoms with Gasteiger partial charge in [0.15, 0.2) is 11.6 Å². The van der Waals surface area contributed by atoms with Crippen molar-refractivity contribution in [2.45, 2.75) is 58.5 Å². The van der Waals surface area contributed by atoms with Crippen LogP contribution >= 0.6 is 0 Å². The van der Waals surface area contributed by atoms with Gasteiger partial charge in [-0.25, -0.2) is 4.39 Å². The smallest absolute Gasteiger partial charge is 0.201 e. The molecule has 3 nitrogen and oxygen atoms in total. The molecule has 0 amide bonds. The van der Waals surface area contributed by atoms with E-state index >= 15 is 0 Å². The second kappa shape index (κ2) is 15.1. The molecule has 0 radical (unpaired) electrons. The number of rotatable bonds is 15. The maximum absolute atomic E-state index is 14.6. The second-order valence-corrected chi connectivity index (χ2v) is 9.11. The predicted octanol–water partition coefficient (Wildman–Crippen LogP) is 9.04. The van der Waals surface area contributed by atoms with E-state index in [9.17, 15) is 8.78 Å². The van der Waals surface area contributed by atoms with Crippen LogP contribution in [-0.2, 0) is 4.74 Å². The Hall–Kier alpha value is -3.31. The molecule has 0 saturated heterocycles. The molecule has 0 fully saturated rings. The highest BCUT2D eigenvalue weighted by Crippen LogP contribution is 2.31. The Balaban J connectivity index is 1.52. The molecule has 2 aromatic carbocycles. The lowest BCUT2D eigenvalue weighted by atomic mass is 10.0. The standard InChI is InChI=1S/C32H37F2NO2/c1-4-6-10-22-36-24(3)11-8-7-9-12-25-13-19-29(35-23-25)27-16-14-26(15-17-27)28-18-20-30(37-21-5-2)32(34)31(28)33/h5,9,12-20,23-24H,2,4,6-8,10-11,21-22H2,1,3H3/b12-9+. The maximum Gasteiger partial charge on any atom is 0.201 e. The molecule has 0 spiro atoms. The Labute approximate surface area is 219 Å². The van der Waals surface area contributed by atoms with E-state index in [0.717, 1.165) is 49.1 Å². The van der Waals surface area contributed by atoms with Crippen LogP contribution in [0.5, 0.6) is 5.75 Å². The van der Waals surface area contributed by atoms with Crippen molar-refractivity contribution in [2.24, 2.45) is 0 Å². The lowest BCUT2D eigenvalue weighted by Gasteiger charge is -2.12. The quantitative estimate of drug-likeness (QED) is 0.152. The number of hydrogen-bond acceptors (Lipinski definition) is 3. The van der Waals surface area contributed by atoms with Crippen molar-refractivity contribution in [3.8, 4) is 28.1 Å². The van der Waals surface area contributed by atoms with Gasteiger partial charge in [-0.1, -0.05) is 74.9 Å². The molecule has 1 unspecified atom stereocenters. The molecule has 196 valence electrons. The highest BCUT2D eigenvalue weighted by Gasteiger charge is 2.15. The zero-order valence-electron chi connectivity index (χ0n) is 21.9. The molecule has 0 aliphatic heterocycles. The molecule has 1 heterocycles. The third kappa shape index (κ3) is 8.64. The van der Waals surface area contributed by atoms with Gasteiger partial charge in [0.2, 0.25) is 5.82 Å². The van der Waals surface area contributed by atoms with Crippen molar-refractivity contribution in [3.63, 3.8) is 0 Å². The average molecular weight is 506 g/mol. The summed E-state index contributed by atoms with van der Waals surface area (Å²) >= 11 is 0. The van der Waals surface area contributed by atoms with Gasteiger partial charge < -0.3 is 9.47 Å². The predicted molar refractivity (Wildman–Crippen MR) is 149 cm³/mol. The fraction of sp³-hybridized carbons (Fsp3) is 0.344. The summed E-state index contributed by atoms with van der Waals surface area (Å²) in [6.45, 7) is 8.84. The van der Waals surface area contributed by atoms with Gasteiger partial charge >= 0.3 is 0 Å². The summed E-state index contributed by atoms with van der Waals surface area (Å²) in [6.07, 6.45) is 14.7. The van der Waals surface area contributed by atoms with Crippen molar-refractivity contribution < 1.29 is 18.3 Å². The Morgan fingerprint density at radius 3 is 2.43 bits per heavy atom. The Morgan fingerprint density at radius 1 is 0.946 bits per heavy atom. The molecule has 5 heteroatoms. The van der Waals surface area contributed by atoms with Crippen LogP contribution < -0.4 is 4.74 Å². The van der Waals surface area contributed by atoms with Crippen molar-refractivity contribution in [1.82, 2.24) is 4.98 Å². The summed E-state index contributed by atoms with van der Waals surface area (Å²) in [5.74, 6) is -2.06. The molecule has 0 saturated carbocycles. The normalized spacial score (nSPS) is 12.1. The van der Waals surface area contributed by atoms with Crippen LogP contribution in [0.25, 0.3) is 28.5 Å². The van der Waals surface area contributed by atoms with Crippen molar-refractivity contribution in [1.29, 1.82) is 0 Å². The van der Waals surface area contributed by atoms with Gasteiger partial charge in [-0.15, -0.1) is 0 Å². The molecule has 0 aliphatic carbocycles. The van der Waals surface area contributed by atoms with Gasteiger partial charge in [0.05, 0.1) is 11.8 Å². The molecule has 0 N–H and O–H groups in total. The van der Waals surface area contributed by atoms with E-state index in [4.69, 9.17) is 9.47 Å². The van der Waals surface area contributed by atoms with Crippen molar-refractivity contribution in [2.75, 3.05) is 13.2 Å². The first kappa shape index (κ1) is 28.3. The van der Waals surface area contributed by atoms with Gasteiger partial charge in [-0.3, -0.25) is 4.98 Å². The topological polar surface area (TPSA) is 31.4 Å². The summed E-state index contributed by atoms with van der Waals surface area (Å²) in [7, 11) is 0. The van der Waals surface area contributed by atoms with E-state index < -0.39 is 11.6 Å². The summed E-state index contributed by atoms with van der Waals surface area (Å²) in [6, 6.07) is 14.2. The number of benzene rings is 2. The molecule has 3 rings (SSSR count). The van der Waals surface area contributed by atoms with Crippen LogP contribution in [0.15, 0.2) is 73.5 Å². The Morgan fingerprint density at radius 2 is 1.73 bits per heavy atom. The van der Waals surface area contributed by atoms with E-state index in [2.05, 4.69) is 37.6 Å². The van der Waals surface area contributed by atoms with Gasteiger partial charge in [-0.2, -0.15) is 4.39 Å². The summed E-state index contributed by atoms with van der Waals surface area (Å²) < 4.78 is 39.9. The van der Waals surface area contributed by atoms with Gasteiger partial charge in [0, 0.05) is 23.9 Å². The number of unbranched alkanes of at least 4 members (excludes halogenated alkanes) is 3. The SMILES string of the molecule is C=CCOc1ccc(-c2ccc(-c3ccc(/C=C/CCCC(C)OCCCCC)cn3)cc2)c(F)c1F. The maximum atomic E-state index is 14.6. The number of allylic oxidation sites excluding steroid dienone is 1. The molecule has 3 aromatic rings. The molecule has 0 aliphatic rings. The minimum atomic E-state index is -1.00. The van der Waals surface area contributed by atoms with Crippen molar-refractivity contribution in [3.05, 3.63) is 90.7 Å². The van der Waals surface area contributed by atoms with Crippen LogP contribution in [0.2, 0.25) is 0 Å². The highest BCUT2D eigenvalue weighted by molar-refractivity contribution is 5.70. The average Bonchev–Trinajstić information content (AvgIpc) is 2.92. The van der Waals surface area contributed by atoms with Crippen LogP contribution in [0.1, 0.15) is 57.9 Å². The number of ether oxygens (including phenoxy) is 2. The summed E-state index contributed by atoms with van der Waals surface area (Å²) in [5, 5.41) is 0. The van der Waals surface area contributed by atoms with E-state index in [1.807, 2.05) is 30.5 Å². The number of pyridine rings is 1. The first-order chi connectivity index (χ1) is 18.0. The monoisotopic (exact) mass is 505 g/mol. The number of aromatic nitrogens is 1. The molecular weight excluding hydrogens is 468 g/mol. The first-order valence-corrected chi connectivity index (χ1v) is 13.1. The van der Waals surface area contributed by atoms with Crippen LogP contribution in [0.3, 0.4) is 0 Å². The number of hydrogen-bond donors (Lipinski definition) is 0. The highest BCUT2D eigenvalue weighted by atomic mass is 19.2. The Kier molecular flexibility index (Phi) is 11.5. The van der Waals surface area contributed by atoms with E-state index in [-0.39, 0.29) is 17.9 Å². The fourth-order valence-electron chi connectivity index (χ4n) is 3.97. The van der Waals surface area contributed by atoms with Gasteiger partial charge in [0.25, 0.3) is 0 Å². The summed E-state index contributed by atoms with van der Waals surface area (Å²) in [4.78, 5) is 4.57. The number of halogens is 2. The zero-order chi connectivity index (χ0) is 26.5. The number of nitrogens with zero attached hydrogens (tertiary/aromatic N) is 1. The van der Waals surface area contributed by atoms with E-state index in [1.54, 1.807) is 12.1 Å². The van der Waals surface area contributed by atoms with E-state index in [1.165, 1.54) is 31.1 Å². The molecular formula is C32H37F2NO2. The first-order valence-electron chi connectivity index (χ1n) is 13.1. The van der Waals surface area contributed by atoms with Crippen LogP contribution in [0, 0.1) is 11.6 Å². The Bertz CT molecular complexity index is 1140. The minimum absolute atomic E-state index is 0.111. The van der Waals surface area contributed by atoms with Crippen LogP contribution in [0.4, 0.5) is 8.78 Å². The van der Waals surface area contributed by atoms with Gasteiger partial charge in [0.1, 0.15) is 6.61 Å².